The summed E-state index contributed by atoms with van der Waals surface area (Å²) in [6, 6.07) is 23.6. The third-order valence-corrected chi connectivity index (χ3v) is 7.07. The first kappa shape index (κ1) is 29.7. The highest BCUT2D eigenvalue weighted by atomic mass is 16.5. The first-order valence-corrected chi connectivity index (χ1v) is 14.3. The molecule has 1 heterocycles. The van der Waals surface area contributed by atoms with Crippen molar-refractivity contribution in [1.29, 1.82) is 0 Å². The molecule has 41 heavy (non-hydrogen) atoms. The minimum absolute atomic E-state index is 0.0398. The maximum absolute atomic E-state index is 13.9. The van der Waals surface area contributed by atoms with Gasteiger partial charge in [-0.05, 0) is 66.3 Å². The average Bonchev–Trinajstić information content (AvgIpc) is 3.39. The van der Waals surface area contributed by atoms with Gasteiger partial charge >= 0.3 is 0 Å². The number of rotatable bonds is 14. The van der Waals surface area contributed by atoms with Crippen LogP contribution in [0.15, 0.2) is 79.0 Å². The number of carbonyl (C=O) groups excluding carboxylic acids is 2. The van der Waals surface area contributed by atoms with E-state index in [1.54, 1.807) is 12.0 Å². The summed E-state index contributed by atoms with van der Waals surface area (Å²) in [5, 5.41) is 1.16. The second-order valence-electron chi connectivity index (χ2n) is 10.7. The highest BCUT2D eigenvalue weighted by Gasteiger charge is 2.23. The number of hydrogen-bond donors (Lipinski definition) is 1. The van der Waals surface area contributed by atoms with Gasteiger partial charge in [0.2, 0.25) is 11.8 Å². The summed E-state index contributed by atoms with van der Waals surface area (Å²) < 4.78 is 10.8. The summed E-state index contributed by atoms with van der Waals surface area (Å²) in [5.74, 6) is 1.65. The lowest BCUT2D eigenvalue weighted by atomic mass is 10.1. The molecule has 4 aromatic rings. The SMILES string of the molecule is CCOc1ccc(CN(CCc2c[nH]c3ccccc23)C(=O)CN(CC(C)C)C(=O)Cc2ccc(OC)cc2)cc1. The third-order valence-electron chi connectivity index (χ3n) is 7.07. The zero-order valence-electron chi connectivity index (χ0n) is 24.6. The molecule has 1 aromatic heterocycles. The van der Waals surface area contributed by atoms with Gasteiger partial charge in [0, 0.05) is 36.7 Å². The topological polar surface area (TPSA) is 74.9 Å². The Morgan fingerprint density at radius 3 is 2.22 bits per heavy atom. The van der Waals surface area contributed by atoms with Gasteiger partial charge in [-0.15, -0.1) is 0 Å². The van der Waals surface area contributed by atoms with Crippen molar-refractivity contribution in [1.82, 2.24) is 14.8 Å². The van der Waals surface area contributed by atoms with E-state index in [0.717, 1.165) is 33.5 Å². The number of para-hydroxylation sites is 1. The number of nitrogens with one attached hydrogen (secondary N) is 1. The van der Waals surface area contributed by atoms with Crippen LogP contribution in [-0.4, -0.2) is 59.9 Å². The summed E-state index contributed by atoms with van der Waals surface area (Å²) >= 11 is 0. The van der Waals surface area contributed by atoms with Crippen LogP contribution in [0.4, 0.5) is 0 Å². The van der Waals surface area contributed by atoms with E-state index in [0.29, 0.717) is 32.7 Å². The molecular formula is C34H41N3O4. The van der Waals surface area contributed by atoms with Crippen molar-refractivity contribution in [3.63, 3.8) is 0 Å². The largest absolute Gasteiger partial charge is 0.497 e. The lowest BCUT2D eigenvalue weighted by Gasteiger charge is -2.29. The van der Waals surface area contributed by atoms with Crippen LogP contribution in [0.1, 0.15) is 37.5 Å². The van der Waals surface area contributed by atoms with E-state index < -0.39 is 0 Å². The number of nitrogens with zero attached hydrogens (tertiary/aromatic N) is 2. The minimum atomic E-state index is -0.0672. The van der Waals surface area contributed by atoms with Crippen LogP contribution in [0, 0.1) is 5.92 Å². The zero-order chi connectivity index (χ0) is 29.2. The van der Waals surface area contributed by atoms with Crippen LogP contribution < -0.4 is 9.47 Å². The predicted octanol–water partition coefficient (Wildman–Crippen LogP) is 5.87. The zero-order valence-corrected chi connectivity index (χ0v) is 24.6. The molecule has 0 bridgehead atoms. The molecule has 0 aliphatic heterocycles. The fourth-order valence-corrected chi connectivity index (χ4v) is 4.95. The highest BCUT2D eigenvalue weighted by molar-refractivity contribution is 5.86. The Morgan fingerprint density at radius 1 is 0.854 bits per heavy atom. The molecule has 4 rings (SSSR count). The number of ether oxygens (including phenoxy) is 2. The van der Waals surface area contributed by atoms with Gasteiger partial charge in [-0.2, -0.15) is 0 Å². The van der Waals surface area contributed by atoms with Crippen molar-refractivity contribution in [3.05, 3.63) is 95.7 Å². The van der Waals surface area contributed by atoms with Crippen LogP contribution in [0.3, 0.4) is 0 Å². The summed E-state index contributed by atoms with van der Waals surface area (Å²) in [5.41, 5.74) is 4.15. The molecule has 216 valence electrons. The fraction of sp³-hybridized carbons (Fsp3) is 0.353. The van der Waals surface area contributed by atoms with Crippen LogP contribution in [-0.2, 0) is 29.0 Å². The molecule has 0 saturated heterocycles. The molecule has 0 aliphatic rings. The van der Waals surface area contributed by atoms with Gasteiger partial charge in [-0.3, -0.25) is 9.59 Å². The van der Waals surface area contributed by atoms with Crippen LogP contribution in [0.25, 0.3) is 10.9 Å². The van der Waals surface area contributed by atoms with Crippen molar-refractivity contribution in [2.24, 2.45) is 5.92 Å². The Balaban J connectivity index is 1.51. The Labute approximate surface area is 243 Å². The van der Waals surface area contributed by atoms with E-state index in [4.69, 9.17) is 9.47 Å². The maximum Gasteiger partial charge on any atom is 0.242 e. The number of fused-ring (bicyclic) bond motifs is 1. The molecule has 3 aromatic carbocycles. The van der Waals surface area contributed by atoms with Gasteiger partial charge in [0.25, 0.3) is 0 Å². The average molecular weight is 556 g/mol. The molecule has 0 aliphatic carbocycles. The molecule has 2 amide bonds. The molecule has 0 spiro atoms. The molecule has 7 nitrogen and oxygen atoms in total. The second-order valence-corrected chi connectivity index (χ2v) is 10.7. The van der Waals surface area contributed by atoms with E-state index >= 15 is 0 Å². The van der Waals surface area contributed by atoms with E-state index in [1.165, 1.54) is 5.56 Å². The van der Waals surface area contributed by atoms with E-state index in [1.807, 2.05) is 78.7 Å². The van der Waals surface area contributed by atoms with Crippen LogP contribution >= 0.6 is 0 Å². The van der Waals surface area contributed by atoms with E-state index in [2.05, 4.69) is 31.0 Å². The van der Waals surface area contributed by atoms with Gasteiger partial charge in [-0.1, -0.05) is 56.3 Å². The normalized spacial score (nSPS) is 11.0. The Kier molecular flexibility index (Phi) is 10.4. The molecule has 0 atom stereocenters. The van der Waals surface area contributed by atoms with Crippen molar-refractivity contribution in [2.75, 3.05) is 33.4 Å². The van der Waals surface area contributed by atoms with Crippen LogP contribution in [0.2, 0.25) is 0 Å². The summed E-state index contributed by atoms with van der Waals surface area (Å²) in [4.78, 5) is 34.2. The number of hydrogen-bond acceptors (Lipinski definition) is 4. The molecular weight excluding hydrogens is 514 g/mol. The molecule has 7 heteroatoms. The minimum Gasteiger partial charge on any atom is -0.497 e. The van der Waals surface area contributed by atoms with E-state index in [9.17, 15) is 9.59 Å². The van der Waals surface area contributed by atoms with Crippen molar-refractivity contribution < 1.29 is 19.1 Å². The van der Waals surface area contributed by atoms with Crippen LogP contribution in [0.5, 0.6) is 11.5 Å². The van der Waals surface area contributed by atoms with Gasteiger partial charge in [0.1, 0.15) is 11.5 Å². The summed E-state index contributed by atoms with van der Waals surface area (Å²) in [6.45, 7) is 8.23. The smallest absolute Gasteiger partial charge is 0.242 e. The third kappa shape index (κ3) is 8.37. The second kappa shape index (κ2) is 14.4. The number of aromatic nitrogens is 1. The molecule has 0 unspecified atom stereocenters. The van der Waals surface area contributed by atoms with Crippen molar-refractivity contribution in [2.45, 2.75) is 40.2 Å². The monoisotopic (exact) mass is 555 g/mol. The van der Waals surface area contributed by atoms with Crippen molar-refractivity contribution in [3.8, 4) is 11.5 Å². The number of benzene rings is 3. The fourth-order valence-electron chi connectivity index (χ4n) is 4.95. The van der Waals surface area contributed by atoms with Gasteiger partial charge in [-0.25, -0.2) is 0 Å². The van der Waals surface area contributed by atoms with Gasteiger partial charge in [0.15, 0.2) is 0 Å². The predicted molar refractivity (Wildman–Crippen MR) is 163 cm³/mol. The molecule has 0 radical (unpaired) electrons. The maximum atomic E-state index is 13.9. The molecule has 0 fully saturated rings. The summed E-state index contributed by atoms with van der Waals surface area (Å²) in [7, 11) is 1.62. The molecule has 0 saturated carbocycles. The Hall–Kier alpha value is -4.26. The quantitative estimate of drug-likeness (QED) is 0.211. The number of carbonyl (C=O) groups is 2. The first-order chi connectivity index (χ1) is 19.9. The van der Waals surface area contributed by atoms with Crippen molar-refractivity contribution >= 4 is 22.7 Å². The Bertz CT molecular complexity index is 1410. The highest BCUT2D eigenvalue weighted by Crippen LogP contribution is 2.20. The van der Waals surface area contributed by atoms with Gasteiger partial charge in [0.05, 0.1) is 26.7 Å². The lowest BCUT2D eigenvalue weighted by molar-refractivity contribution is -0.141. The first-order valence-electron chi connectivity index (χ1n) is 14.3. The number of aromatic amines is 1. The lowest BCUT2D eigenvalue weighted by Crippen LogP contribution is -2.45. The standard InChI is InChI=1S/C34H41N3O4/c1-5-41-30-16-12-27(13-17-30)23-36(19-18-28-21-35-32-9-7-6-8-31(28)32)34(39)24-37(22-25(2)3)33(38)20-26-10-14-29(40-4)15-11-26/h6-17,21,25,35H,5,18-20,22-24H2,1-4H3. The molecule has 1 N–H and O–H groups in total. The van der Waals surface area contributed by atoms with E-state index in [-0.39, 0.29) is 30.7 Å². The number of amides is 2. The van der Waals surface area contributed by atoms with Gasteiger partial charge < -0.3 is 24.3 Å². The number of H-pyrrole nitrogens is 1. The number of methoxy groups -OCH3 is 1. The Morgan fingerprint density at radius 2 is 1.54 bits per heavy atom. The summed E-state index contributed by atoms with van der Waals surface area (Å²) in [6.07, 6.45) is 2.96.